The lowest BCUT2D eigenvalue weighted by molar-refractivity contribution is -0.141. The van der Waals surface area contributed by atoms with Crippen molar-refractivity contribution in [3.05, 3.63) is 48.6 Å². The van der Waals surface area contributed by atoms with E-state index in [4.69, 9.17) is 0 Å². The van der Waals surface area contributed by atoms with Gasteiger partial charge in [0.15, 0.2) is 0 Å². The molecule has 0 fully saturated rings. The van der Waals surface area contributed by atoms with Gasteiger partial charge in [-0.2, -0.15) is 0 Å². The second kappa shape index (κ2) is 17.8. The largest absolute Gasteiger partial charge is 0.469 e. The van der Waals surface area contributed by atoms with Crippen LogP contribution < -0.4 is 0 Å². The average Bonchev–Trinajstić information content (AvgIpc) is 2.58. The van der Waals surface area contributed by atoms with Crippen molar-refractivity contribution < 1.29 is 9.53 Å². The topological polar surface area (TPSA) is 26.3 Å². The zero-order valence-corrected chi connectivity index (χ0v) is 15.9. The third kappa shape index (κ3) is 16.8. The Morgan fingerprint density at radius 2 is 1.42 bits per heavy atom. The molecule has 0 heterocycles. The Hall–Kier alpha value is -1.57. The van der Waals surface area contributed by atoms with Gasteiger partial charge in [0.25, 0.3) is 0 Å². The summed E-state index contributed by atoms with van der Waals surface area (Å²) in [5.74, 6) is 0.217. The monoisotopic (exact) mass is 332 g/mol. The number of methoxy groups -OCH3 is 1. The molecule has 0 aromatic carbocycles. The fraction of sp³-hybridized carbons (Fsp3) is 0.591. The van der Waals surface area contributed by atoms with Crippen LogP contribution in [0.2, 0.25) is 0 Å². The molecule has 1 atom stereocenters. The average molecular weight is 333 g/mol. The van der Waals surface area contributed by atoms with E-state index in [0.717, 1.165) is 25.7 Å². The Kier molecular flexibility index (Phi) is 16.6. The van der Waals surface area contributed by atoms with E-state index in [-0.39, 0.29) is 5.97 Å². The number of hydrogen-bond acceptors (Lipinski definition) is 2. The van der Waals surface area contributed by atoms with Crippen molar-refractivity contribution in [2.75, 3.05) is 7.11 Å². The standard InChI is InChI=1S/C22H36O2/c1-4-5-6-7-8-9-10-11-12-13-14-15-16-17-18-19-21(2)20-22(23)24-3/h8-9,11-12,14-15,17-18,21H,4-7,10,13,16,19-20H2,1-3H3. The summed E-state index contributed by atoms with van der Waals surface area (Å²) in [6.45, 7) is 4.31. The number of carbonyl (C=O) groups excluding carboxylic acids is 1. The van der Waals surface area contributed by atoms with Crippen molar-refractivity contribution in [1.82, 2.24) is 0 Å². The molecule has 24 heavy (non-hydrogen) atoms. The van der Waals surface area contributed by atoms with Gasteiger partial charge in [0, 0.05) is 6.42 Å². The van der Waals surface area contributed by atoms with Gasteiger partial charge in [0.05, 0.1) is 7.11 Å². The quantitative estimate of drug-likeness (QED) is 0.205. The van der Waals surface area contributed by atoms with Gasteiger partial charge in [-0.1, -0.05) is 75.3 Å². The Morgan fingerprint density at radius 3 is 1.96 bits per heavy atom. The third-order valence-corrected chi connectivity index (χ3v) is 3.74. The van der Waals surface area contributed by atoms with E-state index in [1.165, 1.54) is 32.8 Å². The summed E-state index contributed by atoms with van der Waals surface area (Å²) >= 11 is 0. The molecule has 0 aliphatic heterocycles. The Bertz CT molecular complexity index is 402. The van der Waals surface area contributed by atoms with Gasteiger partial charge in [0.1, 0.15) is 0 Å². The summed E-state index contributed by atoms with van der Waals surface area (Å²) in [6, 6.07) is 0. The molecular formula is C22H36O2. The van der Waals surface area contributed by atoms with Crippen molar-refractivity contribution in [2.45, 2.75) is 71.6 Å². The van der Waals surface area contributed by atoms with E-state index in [2.05, 4.69) is 67.2 Å². The highest BCUT2D eigenvalue weighted by Crippen LogP contribution is 2.09. The molecule has 0 saturated heterocycles. The first-order chi connectivity index (χ1) is 11.7. The summed E-state index contributed by atoms with van der Waals surface area (Å²) in [7, 11) is 1.44. The first kappa shape index (κ1) is 22.4. The van der Waals surface area contributed by atoms with E-state index in [1.807, 2.05) is 0 Å². The molecule has 0 saturated carbocycles. The lowest BCUT2D eigenvalue weighted by Gasteiger charge is -2.05. The summed E-state index contributed by atoms with van der Waals surface area (Å²) < 4.78 is 4.66. The fourth-order valence-corrected chi connectivity index (χ4v) is 2.22. The molecule has 0 radical (unpaired) electrons. The highest BCUT2D eigenvalue weighted by molar-refractivity contribution is 5.69. The van der Waals surface area contributed by atoms with Gasteiger partial charge in [-0.15, -0.1) is 0 Å². The fourth-order valence-electron chi connectivity index (χ4n) is 2.22. The molecule has 0 bridgehead atoms. The summed E-state index contributed by atoms with van der Waals surface area (Å²) in [5, 5.41) is 0. The molecule has 0 rings (SSSR count). The second-order valence-corrected chi connectivity index (χ2v) is 6.21. The first-order valence-corrected chi connectivity index (χ1v) is 9.37. The highest BCUT2D eigenvalue weighted by atomic mass is 16.5. The molecule has 2 heteroatoms. The zero-order chi connectivity index (χ0) is 17.9. The number of allylic oxidation sites excluding steroid dienone is 8. The predicted molar refractivity (Wildman–Crippen MR) is 105 cm³/mol. The van der Waals surface area contributed by atoms with Crippen LogP contribution in [0.5, 0.6) is 0 Å². The summed E-state index contributed by atoms with van der Waals surface area (Å²) in [5.41, 5.74) is 0. The van der Waals surface area contributed by atoms with Crippen LogP contribution in [-0.4, -0.2) is 13.1 Å². The van der Waals surface area contributed by atoms with Crippen LogP contribution in [0.4, 0.5) is 0 Å². The minimum atomic E-state index is -0.126. The van der Waals surface area contributed by atoms with Crippen LogP contribution in [-0.2, 0) is 9.53 Å². The van der Waals surface area contributed by atoms with Gasteiger partial charge < -0.3 is 4.74 Å². The number of ether oxygens (including phenoxy) is 1. The molecule has 1 unspecified atom stereocenters. The lowest BCUT2D eigenvalue weighted by atomic mass is 10.0. The van der Waals surface area contributed by atoms with Gasteiger partial charge in [-0.25, -0.2) is 0 Å². The smallest absolute Gasteiger partial charge is 0.305 e. The van der Waals surface area contributed by atoms with E-state index in [0.29, 0.717) is 12.3 Å². The van der Waals surface area contributed by atoms with Gasteiger partial charge >= 0.3 is 5.97 Å². The van der Waals surface area contributed by atoms with E-state index in [1.54, 1.807) is 0 Å². The van der Waals surface area contributed by atoms with Crippen molar-refractivity contribution in [1.29, 1.82) is 0 Å². The molecule has 136 valence electrons. The molecule has 0 aliphatic rings. The molecule has 0 spiro atoms. The van der Waals surface area contributed by atoms with Crippen LogP contribution in [0.1, 0.15) is 71.6 Å². The zero-order valence-electron chi connectivity index (χ0n) is 15.9. The van der Waals surface area contributed by atoms with Crippen LogP contribution in [0.15, 0.2) is 48.6 Å². The third-order valence-electron chi connectivity index (χ3n) is 3.74. The first-order valence-electron chi connectivity index (χ1n) is 9.37. The molecular weight excluding hydrogens is 296 g/mol. The maximum Gasteiger partial charge on any atom is 0.305 e. The Morgan fingerprint density at radius 1 is 0.875 bits per heavy atom. The molecule has 0 aromatic rings. The van der Waals surface area contributed by atoms with Crippen LogP contribution in [0.25, 0.3) is 0 Å². The van der Waals surface area contributed by atoms with Gasteiger partial charge in [-0.05, 0) is 44.4 Å². The Labute approximate surface area is 149 Å². The van der Waals surface area contributed by atoms with Gasteiger partial charge in [0.2, 0.25) is 0 Å². The minimum absolute atomic E-state index is 0.126. The van der Waals surface area contributed by atoms with Crippen LogP contribution in [0, 0.1) is 5.92 Å². The molecule has 2 nitrogen and oxygen atoms in total. The Balaban J connectivity index is 3.56. The van der Waals surface area contributed by atoms with Crippen LogP contribution in [0.3, 0.4) is 0 Å². The van der Waals surface area contributed by atoms with E-state index >= 15 is 0 Å². The summed E-state index contributed by atoms with van der Waals surface area (Å²) in [6.07, 6.45) is 27.3. The maximum atomic E-state index is 11.1. The number of carbonyl (C=O) groups is 1. The maximum absolute atomic E-state index is 11.1. The normalized spacial score (nSPS) is 13.6. The van der Waals surface area contributed by atoms with Crippen LogP contribution >= 0.6 is 0 Å². The lowest BCUT2D eigenvalue weighted by Crippen LogP contribution is -2.06. The van der Waals surface area contributed by atoms with Crippen molar-refractivity contribution in [3.63, 3.8) is 0 Å². The second-order valence-electron chi connectivity index (χ2n) is 6.21. The van der Waals surface area contributed by atoms with Gasteiger partial charge in [-0.3, -0.25) is 4.79 Å². The van der Waals surface area contributed by atoms with E-state index in [9.17, 15) is 4.79 Å². The molecule has 0 aliphatic carbocycles. The molecule has 0 N–H and O–H groups in total. The number of rotatable bonds is 14. The number of hydrogen-bond donors (Lipinski definition) is 0. The number of esters is 1. The SMILES string of the molecule is CCCCCC=CCC=CCC=CCC=CCC(C)CC(=O)OC. The predicted octanol–water partition coefficient (Wildman–Crippen LogP) is 6.55. The molecule has 0 amide bonds. The summed E-state index contributed by atoms with van der Waals surface area (Å²) in [4.78, 5) is 11.1. The number of unbranched alkanes of at least 4 members (excludes halogenated alkanes) is 3. The van der Waals surface area contributed by atoms with Crippen molar-refractivity contribution in [3.8, 4) is 0 Å². The van der Waals surface area contributed by atoms with Crippen molar-refractivity contribution in [2.24, 2.45) is 5.92 Å². The van der Waals surface area contributed by atoms with E-state index < -0.39 is 0 Å². The van der Waals surface area contributed by atoms with Crippen molar-refractivity contribution >= 4 is 5.97 Å². The highest BCUT2D eigenvalue weighted by Gasteiger charge is 2.06. The molecule has 0 aromatic heterocycles. The minimum Gasteiger partial charge on any atom is -0.469 e.